The quantitative estimate of drug-likeness (QED) is 0.0274. The topological polar surface area (TPSA) is 89.5 Å². The number of esters is 2. The standard InChI is InChI=1S/C40H50O8S6/c1-8-39(41)47-30(22-43-15-13-34-27(26-49)17-32(50-3)19-36(34)52-5)24-45-28-11-10-12-29(18-28)46-25-31(48-40(42)9-2)23-44-16-14-35-37(53-6)20-33(51-4)21-38(35)54-7/h8-12,17-21,30-31,49H,1-2,13-16,22-26H2,3-7H3. The molecule has 3 aromatic rings. The molecule has 0 bridgehead atoms. The summed E-state index contributed by atoms with van der Waals surface area (Å²) in [7, 11) is 0. The minimum Gasteiger partial charge on any atom is -0.489 e. The second-order valence-electron chi connectivity index (χ2n) is 11.4. The van der Waals surface area contributed by atoms with E-state index in [0.717, 1.165) is 18.6 Å². The Balaban J connectivity index is 1.57. The van der Waals surface area contributed by atoms with Gasteiger partial charge in [-0.15, -0.1) is 58.8 Å². The van der Waals surface area contributed by atoms with Gasteiger partial charge in [0.05, 0.1) is 26.4 Å². The first-order valence-corrected chi connectivity index (χ1v) is 23.8. The molecule has 2 unspecified atom stereocenters. The van der Waals surface area contributed by atoms with E-state index in [4.69, 9.17) is 28.4 Å². The fourth-order valence-electron chi connectivity index (χ4n) is 5.19. The van der Waals surface area contributed by atoms with Crippen molar-refractivity contribution in [3.63, 3.8) is 0 Å². The highest BCUT2D eigenvalue weighted by atomic mass is 32.2. The molecule has 0 amide bonds. The van der Waals surface area contributed by atoms with Crippen LogP contribution in [-0.4, -0.2) is 95.1 Å². The molecule has 0 radical (unpaired) electrons. The fraction of sp³-hybridized carbons (Fsp3) is 0.400. The Morgan fingerprint density at radius 1 is 0.648 bits per heavy atom. The van der Waals surface area contributed by atoms with Crippen LogP contribution in [0.3, 0.4) is 0 Å². The van der Waals surface area contributed by atoms with Crippen molar-refractivity contribution in [1.82, 2.24) is 0 Å². The van der Waals surface area contributed by atoms with Crippen molar-refractivity contribution in [1.29, 1.82) is 0 Å². The van der Waals surface area contributed by atoms with Crippen molar-refractivity contribution in [3.05, 3.63) is 90.5 Å². The van der Waals surface area contributed by atoms with Crippen LogP contribution in [-0.2, 0) is 47.1 Å². The first-order valence-electron chi connectivity index (χ1n) is 17.0. The van der Waals surface area contributed by atoms with Gasteiger partial charge in [-0.2, -0.15) is 12.6 Å². The molecule has 0 aliphatic carbocycles. The molecule has 0 aromatic heterocycles. The summed E-state index contributed by atoms with van der Waals surface area (Å²) in [5.41, 5.74) is 3.64. The summed E-state index contributed by atoms with van der Waals surface area (Å²) in [6.07, 6.45) is 12.7. The second kappa shape index (κ2) is 25.8. The normalized spacial score (nSPS) is 12.1. The van der Waals surface area contributed by atoms with Gasteiger partial charge in [0.2, 0.25) is 0 Å². The zero-order valence-corrected chi connectivity index (χ0v) is 36.4. The Labute approximate surface area is 347 Å². The van der Waals surface area contributed by atoms with Gasteiger partial charge in [-0.25, -0.2) is 9.59 Å². The van der Waals surface area contributed by atoms with Gasteiger partial charge < -0.3 is 28.4 Å². The lowest BCUT2D eigenvalue weighted by Crippen LogP contribution is -2.30. The number of hydrogen-bond acceptors (Lipinski definition) is 14. The number of hydrogen-bond donors (Lipinski definition) is 1. The highest BCUT2D eigenvalue weighted by molar-refractivity contribution is 8.00. The SMILES string of the molecule is C=CC(=O)OC(COCCc1c(CS)cc(SC)cc1SC)COc1cccc(OCC(COCCc2c(SC)cc(SC)cc2SC)OC(=O)C=C)c1. The molecule has 0 saturated carbocycles. The maximum atomic E-state index is 12.1. The molecule has 0 N–H and O–H groups in total. The summed E-state index contributed by atoms with van der Waals surface area (Å²) in [6, 6.07) is 15.8. The molecule has 3 aromatic carbocycles. The Morgan fingerprint density at radius 3 is 1.52 bits per heavy atom. The molecule has 0 spiro atoms. The Morgan fingerprint density at radius 2 is 1.09 bits per heavy atom. The first-order chi connectivity index (χ1) is 26.2. The Bertz CT molecular complexity index is 1500. The summed E-state index contributed by atoms with van der Waals surface area (Å²) >= 11 is 13.1. The van der Waals surface area contributed by atoms with E-state index in [1.165, 1.54) is 41.2 Å². The van der Waals surface area contributed by atoms with Gasteiger partial charge >= 0.3 is 11.9 Å². The molecular weight excluding hydrogens is 801 g/mol. The smallest absolute Gasteiger partial charge is 0.330 e. The minimum atomic E-state index is -0.675. The van der Waals surface area contributed by atoms with E-state index >= 15 is 0 Å². The van der Waals surface area contributed by atoms with Crippen LogP contribution in [0.25, 0.3) is 0 Å². The minimum absolute atomic E-state index is 0.0489. The molecular formula is C40H50O8S6. The van der Waals surface area contributed by atoms with Crippen molar-refractivity contribution in [2.75, 3.05) is 70.9 Å². The number of thioether (sulfide) groups is 5. The number of carbonyl (C=O) groups excluding carboxylic acids is 2. The van der Waals surface area contributed by atoms with E-state index in [-0.39, 0.29) is 26.4 Å². The summed E-state index contributed by atoms with van der Waals surface area (Å²) in [5, 5.41) is 0. The Hall–Kier alpha value is -2.30. The first kappa shape index (κ1) is 46.1. The van der Waals surface area contributed by atoms with Crippen LogP contribution in [0.5, 0.6) is 11.5 Å². The molecule has 54 heavy (non-hydrogen) atoms. The van der Waals surface area contributed by atoms with Gasteiger partial charge in [-0.05, 0) is 97.2 Å². The summed E-state index contributed by atoms with van der Waals surface area (Å²) in [5.74, 6) is 0.511. The van der Waals surface area contributed by atoms with Gasteiger partial charge in [0.15, 0.2) is 12.2 Å². The van der Waals surface area contributed by atoms with E-state index in [1.54, 1.807) is 83.1 Å². The summed E-state index contributed by atoms with van der Waals surface area (Å²) < 4.78 is 35.1. The van der Waals surface area contributed by atoms with Crippen molar-refractivity contribution in [3.8, 4) is 11.5 Å². The van der Waals surface area contributed by atoms with Gasteiger partial charge in [-0.3, -0.25) is 0 Å². The number of thiol groups is 1. The lowest BCUT2D eigenvalue weighted by Gasteiger charge is -2.20. The second-order valence-corrected chi connectivity index (χ2v) is 16.0. The number of ether oxygens (including phenoxy) is 6. The predicted octanol–water partition coefficient (Wildman–Crippen LogP) is 9.20. The third-order valence-corrected chi connectivity index (χ3v) is 12.1. The van der Waals surface area contributed by atoms with Crippen LogP contribution in [0.4, 0.5) is 0 Å². The third kappa shape index (κ3) is 15.3. The molecule has 294 valence electrons. The summed E-state index contributed by atoms with van der Waals surface area (Å²) in [6.45, 7) is 8.31. The lowest BCUT2D eigenvalue weighted by molar-refractivity contribution is -0.148. The fourth-order valence-corrected chi connectivity index (χ4v) is 8.86. The zero-order chi connectivity index (χ0) is 39.3. The molecule has 8 nitrogen and oxygen atoms in total. The van der Waals surface area contributed by atoms with Crippen LogP contribution >= 0.6 is 71.4 Å². The number of carbonyl (C=O) groups is 2. The van der Waals surface area contributed by atoms with Crippen molar-refractivity contribution in [2.24, 2.45) is 0 Å². The van der Waals surface area contributed by atoms with Gasteiger partial charge in [0.1, 0.15) is 24.7 Å². The average molecular weight is 851 g/mol. The average Bonchev–Trinajstić information content (AvgIpc) is 3.21. The van der Waals surface area contributed by atoms with Crippen LogP contribution in [0.1, 0.15) is 16.7 Å². The highest BCUT2D eigenvalue weighted by Gasteiger charge is 2.18. The molecule has 2 atom stereocenters. The van der Waals surface area contributed by atoms with Crippen LogP contribution in [0.2, 0.25) is 0 Å². The van der Waals surface area contributed by atoms with Crippen LogP contribution in [0.15, 0.2) is 98.3 Å². The monoisotopic (exact) mass is 850 g/mol. The molecule has 14 heteroatoms. The lowest BCUT2D eigenvalue weighted by atomic mass is 10.1. The molecule has 0 heterocycles. The Kier molecular flexibility index (Phi) is 22.0. The van der Waals surface area contributed by atoms with Crippen molar-refractivity contribution < 1.29 is 38.0 Å². The van der Waals surface area contributed by atoms with E-state index in [2.05, 4.69) is 81.3 Å². The third-order valence-electron chi connectivity index (χ3n) is 7.89. The highest BCUT2D eigenvalue weighted by Crippen LogP contribution is 2.35. The predicted molar refractivity (Wildman–Crippen MR) is 231 cm³/mol. The maximum absolute atomic E-state index is 12.1. The molecule has 0 saturated heterocycles. The van der Waals surface area contributed by atoms with Crippen molar-refractivity contribution >= 4 is 83.4 Å². The van der Waals surface area contributed by atoms with E-state index in [1.807, 2.05) is 0 Å². The molecule has 0 aliphatic rings. The molecule has 0 fully saturated rings. The van der Waals surface area contributed by atoms with Gasteiger partial charge in [-0.1, -0.05) is 19.2 Å². The molecule has 0 aliphatic heterocycles. The largest absolute Gasteiger partial charge is 0.489 e. The van der Waals surface area contributed by atoms with E-state index < -0.39 is 24.1 Å². The number of rotatable bonds is 26. The number of benzene rings is 3. The summed E-state index contributed by atoms with van der Waals surface area (Å²) in [4.78, 5) is 30.3. The zero-order valence-electron chi connectivity index (χ0n) is 31.5. The van der Waals surface area contributed by atoms with Gasteiger partial charge in [0.25, 0.3) is 0 Å². The van der Waals surface area contributed by atoms with E-state index in [9.17, 15) is 9.59 Å². The van der Waals surface area contributed by atoms with E-state index in [0.29, 0.717) is 36.9 Å². The molecule has 3 rings (SSSR count). The van der Waals surface area contributed by atoms with Crippen LogP contribution < -0.4 is 9.47 Å². The van der Waals surface area contributed by atoms with Crippen LogP contribution in [0, 0.1) is 0 Å². The van der Waals surface area contributed by atoms with Crippen molar-refractivity contribution in [2.45, 2.75) is 55.3 Å². The maximum Gasteiger partial charge on any atom is 0.330 e. The van der Waals surface area contributed by atoms with Gasteiger partial charge in [0, 0.05) is 48.4 Å².